The number of nitrogen functional groups attached to an aromatic ring is 1. The van der Waals surface area contributed by atoms with Crippen LogP contribution in [0, 0.1) is 41.5 Å². The summed E-state index contributed by atoms with van der Waals surface area (Å²) in [5, 5.41) is 6.33. The van der Waals surface area contributed by atoms with Crippen molar-refractivity contribution in [3.63, 3.8) is 0 Å². The summed E-state index contributed by atoms with van der Waals surface area (Å²) in [6.45, 7) is 16.0. The highest BCUT2D eigenvalue weighted by Gasteiger charge is 2.34. The predicted octanol–water partition coefficient (Wildman–Crippen LogP) is 6.58. The molecule has 2 aliphatic heterocycles. The van der Waals surface area contributed by atoms with Crippen LogP contribution in [0.2, 0.25) is 0 Å². The van der Waals surface area contributed by atoms with E-state index in [2.05, 4.69) is 24.9 Å². The quantitative estimate of drug-likeness (QED) is 0.130. The van der Waals surface area contributed by atoms with Gasteiger partial charge < -0.3 is 15.5 Å². The number of fused-ring (bicyclic) bond motifs is 2. The second-order valence-corrected chi connectivity index (χ2v) is 17.9. The summed E-state index contributed by atoms with van der Waals surface area (Å²) in [6, 6.07) is 13.9. The monoisotopic (exact) mass is 946 g/mol. The van der Waals surface area contributed by atoms with E-state index in [9.17, 15) is 27.6 Å². The molecular formula is C46H62N10O8S2. The van der Waals surface area contributed by atoms with E-state index >= 15 is 0 Å². The molecule has 0 bridgehead atoms. The Bertz CT molecular complexity index is 2980. The number of hydrogen-bond acceptors (Lipinski definition) is 11. The Morgan fingerprint density at radius 1 is 0.712 bits per heavy atom. The lowest BCUT2D eigenvalue weighted by molar-refractivity contribution is 0.0599. The summed E-state index contributed by atoms with van der Waals surface area (Å²) in [6.07, 6.45) is 6.37. The number of carbonyl (C=O) groups excluding carboxylic acids is 2. The van der Waals surface area contributed by atoms with E-state index in [4.69, 9.17) is 14.2 Å². The van der Waals surface area contributed by atoms with E-state index in [1.54, 1.807) is 56.9 Å². The topological polar surface area (TPSA) is 247 Å². The number of aromatic amines is 2. The molecule has 2 atom stereocenters. The molecule has 2 saturated heterocycles. The number of likely N-dealkylation sites (tertiary alicyclic amines) is 2. The molecule has 20 heteroatoms. The van der Waals surface area contributed by atoms with E-state index in [1.807, 2.05) is 56.9 Å². The number of benzene rings is 2. The number of piperidine rings is 2. The van der Waals surface area contributed by atoms with Gasteiger partial charge in [0.25, 0.3) is 22.9 Å². The lowest BCUT2D eigenvalue weighted by Gasteiger charge is -2.36. The number of aromatic nitrogens is 6. The fourth-order valence-electron chi connectivity index (χ4n) is 8.32. The molecule has 0 radical (unpaired) electrons. The molecule has 2 aromatic carbocycles. The van der Waals surface area contributed by atoms with Crippen LogP contribution in [0.5, 0.6) is 0 Å². The van der Waals surface area contributed by atoms with Crippen LogP contribution in [-0.2, 0) is 21.6 Å². The molecule has 6 aromatic rings. The third kappa shape index (κ3) is 11.2. The maximum absolute atomic E-state index is 13.7. The third-order valence-corrected chi connectivity index (χ3v) is 12.3. The van der Waals surface area contributed by atoms with Crippen LogP contribution in [0.3, 0.4) is 0 Å². The molecule has 4 aromatic heterocycles. The lowest BCUT2D eigenvalue weighted by Crippen LogP contribution is -2.39. The minimum absolute atomic E-state index is 0. The van der Waals surface area contributed by atoms with Crippen molar-refractivity contribution in [2.45, 2.75) is 113 Å². The van der Waals surface area contributed by atoms with Gasteiger partial charge in [0.2, 0.25) is 10.0 Å². The number of hydrogen-bond donors (Lipinski definition) is 4. The first-order chi connectivity index (χ1) is 30.9. The molecule has 66 heavy (non-hydrogen) atoms. The van der Waals surface area contributed by atoms with Crippen molar-refractivity contribution in [3.05, 3.63) is 125 Å². The van der Waals surface area contributed by atoms with Gasteiger partial charge in [-0.3, -0.25) is 34.1 Å². The highest BCUT2D eigenvalue weighted by atomic mass is 32.2. The largest absolute Gasteiger partial charge is 0.398 e. The minimum atomic E-state index is -3.55. The predicted molar refractivity (Wildman–Crippen MR) is 258 cm³/mol. The van der Waals surface area contributed by atoms with Gasteiger partial charge in [-0.1, -0.05) is 45.5 Å². The van der Waals surface area contributed by atoms with Gasteiger partial charge in [0.15, 0.2) is 11.3 Å². The van der Waals surface area contributed by atoms with Crippen LogP contribution in [-0.4, -0.2) is 87.0 Å². The average Bonchev–Trinajstić information content (AvgIpc) is 3.90. The fourth-order valence-corrected chi connectivity index (χ4v) is 8.89. The van der Waals surface area contributed by atoms with Crippen LogP contribution < -0.4 is 21.6 Å². The van der Waals surface area contributed by atoms with Crippen LogP contribution in [0.1, 0.15) is 138 Å². The Hall–Kier alpha value is -6.41. The van der Waals surface area contributed by atoms with Crippen LogP contribution in [0.25, 0.3) is 11.3 Å². The zero-order valence-corrected chi connectivity index (χ0v) is 39.9. The van der Waals surface area contributed by atoms with Crippen LogP contribution in [0.4, 0.5) is 11.4 Å². The normalized spacial score (nSPS) is 15.8. The molecule has 2 aliphatic rings. The Labute approximate surface area is 388 Å². The Balaban J connectivity index is 0.000000261. The zero-order valence-electron chi connectivity index (χ0n) is 38.3. The molecule has 356 valence electrons. The Kier molecular flexibility index (Phi) is 17.6. The van der Waals surface area contributed by atoms with Gasteiger partial charge in [-0.2, -0.15) is 8.42 Å². The molecule has 6 heterocycles. The molecule has 5 N–H and O–H groups in total. The van der Waals surface area contributed by atoms with Crippen molar-refractivity contribution in [1.82, 2.24) is 39.0 Å². The van der Waals surface area contributed by atoms with Crippen molar-refractivity contribution < 1.29 is 26.4 Å². The molecule has 2 fully saturated rings. The van der Waals surface area contributed by atoms with Crippen molar-refractivity contribution in [3.8, 4) is 0 Å². The van der Waals surface area contributed by atoms with Gasteiger partial charge in [0.1, 0.15) is 0 Å². The number of aryl methyl sites for hydroxylation is 4. The Morgan fingerprint density at radius 2 is 1.12 bits per heavy atom. The summed E-state index contributed by atoms with van der Waals surface area (Å²) < 4.78 is 45.6. The maximum atomic E-state index is 13.7. The average molecular weight is 947 g/mol. The van der Waals surface area contributed by atoms with Gasteiger partial charge in [0, 0.05) is 53.4 Å². The number of nitrogens with zero attached hydrogens (tertiary/aromatic N) is 6. The van der Waals surface area contributed by atoms with Gasteiger partial charge in [-0.15, -0.1) is 0 Å². The molecule has 8 rings (SSSR count). The number of H-pyrrole nitrogens is 2. The van der Waals surface area contributed by atoms with Crippen LogP contribution in [0.15, 0.2) is 58.1 Å². The van der Waals surface area contributed by atoms with Crippen molar-refractivity contribution >= 4 is 56.1 Å². The Morgan fingerprint density at radius 3 is 1.55 bits per heavy atom. The number of nitrogens with one attached hydrogen (secondary N) is 3. The van der Waals surface area contributed by atoms with Crippen molar-refractivity contribution in [1.29, 1.82) is 0 Å². The number of sulfonamides is 1. The summed E-state index contributed by atoms with van der Waals surface area (Å²) >= 11 is -0.750. The molecule has 2 amide bonds. The SMILES string of the molecule is C.CC.Cc1cccc(N)c1C(=O)N1CCCC[C@H]1c1cc2nc(C)c(C)c(=O)n2[nH]1.Cc1cccc(NS(C)(=O)=O)c1C(=O)N1CCCC[C@H]1c1cc2nc(C)c(C)c(=O)n2[nH]1.O=S=O. The molecule has 0 aliphatic carbocycles. The number of nitrogens with two attached hydrogens (primary N) is 1. The van der Waals surface area contributed by atoms with E-state index in [1.165, 1.54) is 9.03 Å². The highest BCUT2D eigenvalue weighted by Crippen LogP contribution is 2.35. The number of carbonyl (C=O) groups is 2. The first kappa shape index (κ1) is 52.2. The van der Waals surface area contributed by atoms with Crippen LogP contribution >= 0.6 is 0 Å². The molecule has 0 saturated carbocycles. The van der Waals surface area contributed by atoms with E-state index in [-0.39, 0.29) is 48.1 Å². The molecule has 18 nitrogen and oxygen atoms in total. The number of anilines is 2. The first-order valence-electron chi connectivity index (χ1n) is 21.5. The lowest BCUT2D eigenvalue weighted by atomic mass is 9.96. The standard InChI is InChI=1S/C22H27N5O4S.C21H25N5O2.C2H6.CH4.O2S/c1-13-8-7-9-16(25-32(4,30)31)20(13)22(29)26-11-6-5-10-18(26)17-12-19-23-15(3)14(2)21(28)27(19)24-17;1-12-7-6-8-15(22)19(12)21(28)25-10-5-4-9-17(25)16-11-18-23-14(3)13(2)20(27)26(18)24-16;1-2;;1-3-2/h7-9,12,18,24-25H,5-6,10-11H2,1-4H3;6-8,11,17,24H,4-5,9-10,22H2,1-3H3;1-2H3;1H4;/t18-;17-;;;/m00.../s1. The van der Waals surface area contributed by atoms with Gasteiger partial charge in [-0.25, -0.2) is 27.4 Å². The first-order valence-corrected chi connectivity index (χ1v) is 24.1. The van der Waals surface area contributed by atoms with Gasteiger partial charge >= 0.3 is 11.6 Å². The number of rotatable bonds is 6. The second-order valence-electron chi connectivity index (χ2n) is 16.1. The van der Waals surface area contributed by atoms with E-state index < -0.39 is 21.6 Å². The van der Waals surface area contributed by atoms with Crippen molar-refractivity contribution in [2.75, 3.05) is 29.8 Å². The second kappa shape index (κ2) is 22.2. The summed E-state index contributed by atoms with van der Waals surface area (Å²) in [5.41, 5.74) is 14.3. The summed E-state index contributed by atoms with van der Waals surface area (Å²) in [5.74, 6) is -0.308. The minimum Gasteiger partial charge on any atom is -0.398 e. The fraction of sp³-hybridized carbons (Fsp3) is 0.435. The molecule has 0 spiro atoms. The zero-order chi connectivity index (χ0) is 47.9. The highest BCUT2D eigenvalue weighted by molar-refractivity contribution is 7.92. The van der Waals surface area contributed by atoms with Crippen molar-refractivity contribution in [2.24, 2.45) is 0 Å². The third-order valence-electron chi connectivity index (χ3n) is 11.8. The van der Waals surface area contributed by atoms with Gasteiger partial charge in [-0.05, 0) is 103 Å². The molecular weight excluding hydrogens is 885 g/mol. The van der Waals surface area contributed by atoms with Gasteiger partial charge in [0.05, 0.1) is 46.5 Å². The maximum Gasteiger partial charge on any atom is 0.335 e. The smallest absolute Gasteiger partial charge is 0.335 e. The summed E-state index contributed by atoms with van der Waals surface area (Å²) in [4.78, 5) is 64.9. The summed E-state index contributed by atoms with van der Waals surface area (Å²) in [7, 11) is -3.55. The molecule has 0 unspecified atom stereocenters. The number of amides is 2. The van der Waals surface area contributed by atoms with E-state index in [0.29, 0.717) is 63.6 Å². The van der Waals surface area contributed by atoms with E-state index in [0.717, 1.165) is 67.4 Å².